The Morgan fingerprint density at radius 3 is 3.06 bits per heavy atom. The standard InChI is InChI=1S/C14H20BrNO2/c1-3-12-10-16(6-7-18-12)9-11-8-13(17-2)4-5-14(11)15/h4-5,8,12H,3,6-7,9-10H2,1-2H3. The van der Waals surface area contributed by atoms with Crippen molar-refractivity contribution in [2.45, 2.75) is 26.0 Å². The van der Waals surface area contributed by atoms with Crippen LogP contribution < -0.4 is 4.74 Å². The van der Waals surface area contributed by atoms with E-state index in [4.69, 9.17) is 9.47 Å². The predicted molar refractivity (Wildman–Crippen MR) is 76.0 cm³/mol. The van der Waals surface area contributed by atoms with Crippen LogP contribution in [0.5, 0.6) is 5.75 Å². The maximum absolute atomic E-state index is 5.69. The van der Waals surface area contributed by atoms with Crippen molar-refractivity contribution < 1.29 is 9.47 Å². The zero-order valence-electron chi connectivity index (χ0n) is 11.0. The van der Waals surface area contributed by atoms with E-state index in [1.54, 1.807) is 7.11 Å². The summed E-state index contributed by atoms with van der Waals surface area (Å²) in [5.41, 5.74) is 1.27. The van der Waals surface area contributed by atoms with Crippen LogP contribution in [0.2, 0.25) is 0 Å². The predicted octanol–water partition coefficient (Wildman–Crippen LogP) is 3.07. The molecule has 0 bridgehead atoms. The van der Waals surface area contributed by atoms with Crippen molar-refractivity contribution in [3.05, 3.63) is 28.2 Å². The first-order chi connectivity index (χ1) is 8.72. The number of hydrogen-bond acceptors (Lipinski definition) is 3. The molecule has 1 atom stereocenters. The Morgan fingerprint density at radius 2 is 2.33 bits per heavy atom. The average Bonchev–Trinajstić information content (AvgIpc) is 2.41. The molecular formula is C14H20BrNO2. The van der Waals surface area contributed by atoms with E-state index in [0.29, 0.717) is 6.10 Å². The summed E-state index contributed by atoms with van der Waals surface area (Å²) in [7, 11) is 1.70. The zero-order valence-corrected chi connectivity index (χ0v) is 12.6. The van der Waals surface area contributed by atoms with Gasteiger partial charge in [-0.05, 0) is 30.2 Å². The molecule has 0 spiro atoms. The molecule has 1 aromatic rings. The van der Waals surface area contributed by atoms with E-state index >= 15 is 0 Å². The van der Waals surface area contributed by atoms with Crippen molar-refractivity contribution in [3.8, 4) is 5.75 Å². The van der Waals surface area contributed by atoms with Crippen LogP contribution >= 0.6 is 15.9 Å². The molecule has 0 amide bonds. The second kappa shape index (κ2) is 6.55. The highest BCUT2D eigenvalue weighted by Gasteiger charge is 2.19. The van der Waals surface area contributed by atoms with Gasteiger partial charge >= 0.3 is 0 Å². The average molecular weight is 314 g/mol. The van der Waals surface area contributed by atoms with Gasteiger partial charge in [0.15, 0.2) is 0 Å². The summed E-state index contributed by atoms with van der Waals surface area (Å²) in [4.78, 5) is 2.44. The second-order valence-corrected chi connectivity index (χ2v) is 5.45. The Labute approximate surface area is 117 Å². The first-order valence-corrected chi connectivity index (χ1v) is 7.18. The van der Waals surface area contributed by atoms with E-state index in [9.17, 15) is 0 Å². The first kappa shape index (κ1) is 13.8. The molecule has 0 saturated carbocycles. The van der Waals surface area contributed by atoms with E-state index in [1.165, 1.54) is 5.56 Å². The van der Waals surface area contributed by atoms with E-state index < -0.39 is 0 Å². The third kappa shape index (κ3) is 3.46. The van der Waals surface area contributed by atoms with Gasteiger partial charge in [-0.2, -0.15) is 0 Å². The molecule has 3 nitrogen and oxygen atoms in total. The number of benzene rings is 1. The molecule has 2 rings (SSSR count). The highest BCUT2D eigenvalue weighted by Crippen LogP contribution is 2.24. The molecule has 100 valence electrons. The van der Waals surface area contributed by atoms with Crippen molar-refractivity contribution in [2.75, 3.05) is 26.8 Å². The number of methoxy groups -OCH3 is 1. The summed E-state index contributed by atoms with van der Waals surface area (Å²) < 4.78 is 12.1. The van der Waals surface area contributed by atoms with Gasteiger partial charge in [-0.25, -0.2) is 0 Å². The largest absolute Gasteiger partial charge is 0.497 e. The molecule has 1 saturated heterocycles. The van der Waals surface area contributed by atoms with Crippen molar-refractivity contribution in [3.63, 3.8) is 0 Å². The van der Waals surface area contributed by atoms with E-state index in [2.05, 4.69) is 33.8 Å². The smallest absolute Gasteiger partial charge is 0.119 e. The highest BCUT2D eigenvalue weighted by atomic mass is 79.9. The van der Waals surface area contributed by atoms with Gasteiger partial charge in [0.2, 0.25) is 0 Å². The molecule has 0 radical (unpaired) electrons. The number of nitrogens with zero attached hydrogens (tertiary/aromatic N) is 1. The number of ether oxygens (including phenoxy) is 2. The van der Waals surface area contributed by atoms with Crippen LogP contribution in [0.3, 0.4) is 0 Å². The molecule has 1 unspecified atom stereocenters. The summed E-state index contributed by atoms with van der Waals surface area (Å²) in [5, 5.41) is 0. The van der Waals surface area contributed by atoms with Gasteiger partial charge in [-0.15, -0.1) is 0 Å². The number of halogens is 1. The normalized spacial score (nSPS) is 20.9. The minimum Gasteiger partial charge on any atom is -0.497 e. The Balaban J connectivity index is 2.04. The van der Waals surface area contributed by atoms with Crippen LogP contribution in [0.4, 0.5) is 0 Å². The molecule has 0 aromatic heterocycles. The molecule has 1 aromatic carbocycles. The van der Waals surface area contributed by atoms with Gasteiger partial charge in [0, 0.05) is 24.1 Å². The van der Waals surface area contributed by atoms with Gasteiger partial charge < -0.3 is 9.47 Å². The lowest BCUT2D eigenvalue weighted by atomic mass is 10.1. The molecule has 0 N–H and O–H groups in total. The fourth-order valence-corrected chi connectivity index (χ4v) is 2.58. The monoisotopic (exact) mass is 313 g/mol. The van der Waals surface area contributed by atoms with Crippen molar-refractivity contribution in [2.24, 2.45) is 0 Å². The third-order valence-corrected chi connectivity index (χ3v) is 4.10. The highest BCUT2D eigenvalue weighted by molar-refractivity contribution is 9.10. The molecule has 1 fully saturated rings. The Hall–Kier alpha value is -0.580. The van der Waals surface area contributed by atoms with Crippen LogP contribution in [0.25, 0.3) is 0 Å². The van der Waals surface area contributed by atoms with Gasteiger partial charge in [0.1, 0.15) is 5.75 Å². The lowest BCUT2D eigenvalue weighted by molar-refractivity contribution is -0.0325. The number of rotatable bonds is 4. The summed E-state index contributed by atoms with van der Waals surface area (Å²) in [6.07, 6.45) is 1.46. The van der Waals surface area contributed by atoms with Gasteiger partial charge in [-0.1, -0.05) is 22.9 Å². The summed E-state index contributed by atoms with van der Waals surface area (Å²) in [6.45, 7) is 5.97. The summed E-state index contributed by atoms with van der Waals surface area (Å²) in [6, 6.07) is 6.12. The molecule has 1 aliphatic heterocycles. The van der Waals surface area contributed by atoms with Crippen molar-refractivity contribution in [1.82, 2.24) is 4.90 Å². The maximum Gasteiger partial charge on any atom is 0.119 e. The number of hydrogen-bond donors (Lipinski definition) is 0. The minimum atomic E-state index is 0.378. The Bertz CT molecular complexity index is 397. The van der Waals surface area contributed by atoms with Gasteiger partial charge in [0.25, 0.3) is 0 Å². The van der Waals surface area contributed by atoms with Gasteiger partial charge in [-0.3, -0.25) is 4.90 Å². The zero-order chi connectivity index (χ0) is 13.0. The van der Waals surface area contributed by atoms with Crippen LogP contribution in [0.15, 0.2) is 22.7 Å². The molecule has 4 heteroatoms. The summed E-state index contributed by atoms with van der Waals surface area (Å²) in [5.74, 6) is 0.911. The minimum absolute atomic E-state index is 0.378. The number of morpholine rings is 1. The third-order valence-electron chi connectivity index (χ3n) is 3.33. The Kier molecular flexibility index (Phi) is 5.03. The van der Waals surface area contributed by atoms with Crippen LogP contribution in [0, 0.1) is 0 Å². The lowest BCUT2D eigenvalue weighted by Crippen LogP contribution is -2.41. The van der Waals surface area contributed by atoms with Crippen LogP contribution in [-0.2, 0) is 11.3 Å². The van der Waals surface area contributed by atoms with E-state index in [-0.39, 0.29) is 0 Å². The van der Waals surface area contributed by atoms with Crippen LogP contribution in [0.1, 0.15) is 18.9 Å². The lowest BCUT2D eigenvalue weighted by Gasteiger charge is -2.32. The van der Waals surface area contributed by atoms with Crippen molar-refractivity contribution in [1.29, 1.82) is 0 Å². The summed E-state index contributed by atoms with van der Waals surface area (Å²) >= 11 is 3.61. The molecule has 1 aliphatic rings. The Morgan fingerprint density at radius 1 is 1.50 bits per heavy atom. The fourth-order valence-electron chi connectivity index (χ4n) is 2.21. The van der Waals surface area contributed by atoms with Crippen molar-refractivity contribution >= 4 is 15.9 Å². The van der Waals surface area contributed by atoms with Crippen LogP contribution in [-0.4, -0.2) is 37.8 Å². The quantitative estimate of drug-likeness (QED) is 0.852. The SMILES string of the molecule is CCC1CN(Cc2cc(OC)ccc2Br)CCO1. The second-order valence-electron chi connectivity index (χ2n) is 4.59. The van der Waals surface area contributed by atoms with E-state index in [0.717, 1.165) is 42.9 Å². The molecule has 0 aliphatic carbocycles. The first-order valence-electron chi connectivity index (χ1n) is 6.39. The topological polar surface area (TPSA) is 21.7 Å². The molecular weight excluding hydrogens is 294 g/mol. The maximum atomic E-state index is 5.69. The van der Waals surface area contributed by atoms with Gasteiger partial charge in [0.05, 0.1) is 19.8 Å². The fraction of sp³-hybridized carbons (Fsp3) is 0.571. The molecule has 1 heterocycles. The van der Waals surface area contributed by atoms with E-state index in [1.807, 2.05) is 12.1 Å². The molecule has 18 heavy (non-hydrogen) atoms.